The average molecular weight is 194 g/mol. The molecule has 0 saturated carbocycles. The minimum atomic E-state index is -0.227. The van der Waals surface area contributed by atoms with Gasteiger partial charge in [-0.15, -0.1) is 6.42 Å². The second kappa shape index (κ2) is 5.02. The van der Waals surface area contributed by atoms with Gasteiger partial charge in [-0.3, -0.25) is 4.79 Å². The highest BCUT2D eigenvalue weighted by Gasteiger charge is 2.37. The lowest BCUT2D eigenvalue weighted by Crippen LogP contribution is -2.50. The number of piperidine rings is 1. The average Bonchev–Trinajstić information content (AvgIpc) is 2.26. The first-order chi connectivity index (χ1) is 6.75. The third kappa shape index (κ3) is 2.27. The molecular weight excluding hydrogens is 176 g/mol. The highest BCUT2D eigenvalue weighted by Crippen LogP contribution is 2.29. The molecule has 1 amide bonds. The summed E-state index contributed by atoms with van der Waals surface area (Å²) in [6.45, 7) is 4.19. The molecule has 1 aliphatic heterocycles. The van der Waals surface area contributed by atoms with Crippen molar-refractivity contribution in [3.05, 3.63) is 0 Å². The molecule has 1 rings (SSSR count). The topological polar surface area (TPSA) is 41.1 Å². The molecule has 3 heteroatoms. The molecule has 0 aromatic carbocycles. The lowest BCUT2D eigenvalue weighted by Gasteiger charge is -2.35. The third-order valence-electron chi connectivity index (χ3n) is 2.98. The van der Waals surface area contributed by atoms with Crippen molar-refractivity contribution in [3.63, 3.8) is 0 Å². The summed E-state index contributed by atoms with van der Waals surface area (Å²) in [5.41, 5.74) is -0.227. The Morgan fingerprint density at radius 3 is 3.00 bits per heavy atom. The Hall–Kier alpha value is -1.01. The highest BCUT2D eigenvalue weighted by molar-refractivity contribution is 5.83. The van der Waals surface area contributed by atoms with Gasteiger partial charge in [-0.25, -0.2) is 0 Å². The van der Waals surface area contributed by atoms with Crippen LogP contribution in [0.15, 0.2) is 0 Å². The van der Waals surface area contributed by atoms with E-state index in [0.29, 0.717) is 6.54 Å². The number of nitrogens with one attached hydrogen (secondary N) is 2. The molecular formula is C11H18N2O. The van der Waals surface area contributed by atoms with E-state index in [9.17, 15) is 4.79 Å². The van der Waals surface area contributed by atoms with Gasteiger partial charge in [-0.05, 0) is 25.8 Å². The number of rotatable bonds is 3. The van der Waals surface area contributed by atoms with Crippen LogP contribution in [0, 0.1) is 17.8 Å². The zero-order valence-corrected chi connectivity index (χ0v) is 8.73. The first-order valence-corrected chi connectivity index (χ1v) is 5.17. The lowest BCUT2D eigenvalue weighted by molar-refractivity contribution is -0.132. The van der Waals surface area contributed by atoms with Crippen LogP contribution >= 0.6 is 0 Å². The fourth-order valence-electron chi connectivity index (χ4n) is 1.94. The van der Waals surface area contributed by atoms with Crippen LogP contribution in [0.2, 0.25) is 0 Å². The van der Waals surface area contributed by atoms with E-state index in [1.54, 1.807) is 0 Å². The molecule has 1 saturated heterocycles. The van der Waals surface area contributed by atoms with Crippen LogP contribution in [-0.2, 0) is 4.79 Å². The van der Waals surface area contributed by atoms with Crippen molar-refractivity contribution in [2.24, 2.45) is 5.41 Å². The van der Waals surface area contributed by atoms with Gasteiger partial charge in [0, 0.05) is 6.54 Å². The molecule has 1 aliphatic rings. The molecule has 0 bridgehead atoms. The van der Waals surface area contributed by atoms with Gasteiger partial charge in [0.2, 0.25) is 5.91 Å². The molecule has 2 N–H and O–H groups in total. The summed E-state index contributed by atoms with van der Waals surface area (Å²) in [7, 11) is 0. The summed E-state index contributed by atoms with van der Waals surface area (Å²) in [6, 6.07) is 0. The maximum absolute atomic E-state index is 11.9. The van der Waals surface area contributed by atoms with Crippen LogP contribution in [0.4, 0.5) is 0 Å². The van der Waals surface area contributed by atoms with E-state index in [1.807, 2.05) is 0 Å². The highest BCUT2D eigenvalue weighted by atomic mass is 16.2. The van der Waals surface area contributed by atoms with Gasteiger partial charge < -0.3 is 10.6 Å². The van der Waals surface area contributed by atoms with Crippen molar-refractivity contribution in [1.82, 2.24) is 10.6 Å². The predicted octanol–water partition coefficient (Wildman–Crippen LogP) is 0.516. The Labute approximate surface area is 85.6 Å². The van der Waals surface area contributed by atoms with Gasteiger partial charge in [0.15, 0.2) is 0 Å². The van der Waals surface area contributed by atoms with Crippen LogP contribution in [-0.4, -0.2) is 25.5 Å². The molecule has 0 aromatic heterocycles. The van der Waals surface area contributed by atoms with Crippen LogP contribution in [0.25, 0.3) is 0 Å². The summed E-state index contributed by atoms with van der Waals surface area (Å²) in [4.78, 5) is 11.9. The first-order valence-electron chi connectivity index (χ1n) is 5.17. The normalized spacial score (nSPS) is 26.6. The van der Waals surface area contributed by atoms with Crippen LogP contribution in [0.3, 0.4) is 0 Å². The molecule has 0 aliphatic carbocycles. The molecule has 1 heterocycles. The Bertz CT molecular complexity index is 236. The van der Waals surface area contributed by atoms with E-state index in [2.05, 4.69) is 23.5 Å². The van der Waals surface area contributed by atoms with Crippen molar-refractivity contribution in [1.29, 1.82) is 0 Å². The molecule has 0 spiro atoms. The van der Waals surface area contributed by atoms with Gasteiger partial charge in [0.25, 0.3) is 0 Å². The quantitative estimate of drug-likeness (QED) is 0.643. The minimum absolute atomic E-state index is 0.102. The van der Waals surface area contributed by atoms with Crippen molar-refractivity contribution >= 4 is 5.91 Å². The lowest BCUT2D eigenvalue weighted by atomic mass is 9.77. The molecule has 1 fully saturated rings. The van der Waals surface area contributed by atoms with Gasteiger partial charge >= 0.3 is 0 Å². The Balaban J connectivity index is 2.58. The summed E-state index contributed by atoms with van der Waals surface area (Å²) >= 11 is 0. The second-order valence-corrected chi connectivity index (χ2v) is 3.80. The largest absolute Gasteiger partial charge is 0.345 e. The summed E-state index contributed by atoms with van der Waals surface area (Å²) in [5, 5.41) is 6.05. The van der Waals surface area contributed by atoms with Crippen LogP contribution in [0.5, 0.6) is 0 Å². The van der Waals surface area contributed by atoms with Crippen molar-refractivity contribution in [2.75, 3.05) is 19.6 Å². The maximum Gasteiger partial charge on any atom is 0.228 e. The Kier molecular flexibility index (Phi) is 3.97. The second-order valence-electron chi connectivity index (χ2n) is 3.80. The molecule has 78 valence electrons. The summed E-state index contributed by atoms with van der Waals surface area (Å²) in [5.74, 6) is 2.53. The Morgan fingerprint density at radius 1 is 1.71 bits per heavy atom. The maximum atomic E-state index is 11.9. The number of hydrogen-bond acceptors (Lipinski definition) is 2. The molecule has 3 nitrogen and oxygen atoms in total. The van der Waals surface area contributed by atoms with Crippen molar-refractivity contribution < 1.29 is 4.79 Å². The molecule has 1 atom stereocenters. The van der Waals surface area contributed by atoms with E-state index >= 15 is 0 Å². The molecule has 1 unspecified atom stereocenters. The van der Waals surface area contributed by atoms with Crippen molar-refractivity contribution in [3.8, 4) is 12.3 Å². The number of terminal acetylenes is 1. The zero-order chi connectivity index (χ0) is 10.4. The predicted molar refractivity (Wildman–Crippen MR) is 56.7 cm³/mol. The molecule has 0 radical (unpaired) electrons. The molecule has 14 heavy (non-hydrogen) atoms. The van der Waals surface area contributed by atoms with E-state index in [-0.39, 0.29) is 11.3 Å². The van der Waals surface area contributed by atoms with E-state index in [1.165, 1.54) is 0 Å². The monoisotopic (exact) mass is 194 g/mol. The van der Waals surface area contributed by atoms with Crippen molar-refractivity contribution in [2.45, 2.75) is 26.2 Å². The van der Waals surface area contributed by atoms with Crippen LogP contribution in [0.1, 0.15) is 26.2 Å². The van der Waals surface area contributed by atoms with E-state index < -0.39 is 0 Å². The number of hydrogen-bond donors (Lipinski definition) is 2. The fourth-order valence-corrected chi connectivity index (χ4v) is 1.94. The van der Waals surface area contributed by atoms with Crippen LogP contribution < -0.4 is 10.6 Å². The first kappa shape index (κ1) is 11.1. The third-order valence-corrected chi connectivity index (χ3v) is 2.98. The number of carbonyl (C=O) groups excluding carboxylic acids is 1. The van der Waals surface area contributed by atoms with Gasteiger partial charge in [0.1, 0.15) is 0 Å². The Morgan fingerprint density at radius 2 is 2.50 bits per heavy atom. The molecule has 0 aromatic rings. The zero-order valence-electron chi connectivity index (χ0n) is 8.73. The fraction of sp³-hybridized carbons (Fsp3) is 0.727. The standard InChI is InChI=1S/C11H18N2O/c1-3-7-13-10(14)11(4-2)6-5-8-12-9-11/h1,12H,4-9H2,2H3,(H,13,14). The van der Waals surface area contributed by atoms with Gasteiger partial charge in [-0.2, -0.15) is 0 Å². The SMILES string of the molecule is C#CCNC(=O)C1(CC)CCCNC1. The number of carbonyl (C=O) groups is 1. The van der Waals surface area contributed by atoms with Gasteiger partial charge in [0.05, 0.1) is 12.0 Å². The van der Waals surface area contributed by atoms with E-state index in [0.717, 1.165) is 32.4 Å². The van der Waals surface area contributed by atoms with Gasteiger partial charge in [-0.1, -0.05) is 12.8 Å². The smallest absolute Gasteiger partial charge is 0.228 e. The summed E-state index contributed by atoms with van der Waals surface area (Å²) in [6.07, 6.45) is 8.01. The number of amides is 1. The summed E-state index contributed by atoms with van der Waals surface area (Å²) < 4.78 is 0. The van der Waals surface area contributed by atoms with E-state index in [4.69, 9.17) is 6.42 Å². The minimum Gasteiger partial charge on any atom is -0.345 e.